The minimum atomic E-state index is 0.330. The van der Waals surface area contributed by atoms with Gasteiger partial charge in [-0.15, -0.1) is 10.2 Å². The number of piperazine rings is 1. The third-order valence-corrected chi connectivity index (χ3v) is 4.93. The second-order valence-corrected chi connectivity index (χ2v) is 6.34. The molecule has 0 aromatic carbocycles. The molecule has 1 saturated heterocycles. The Balaban J connectivity index is 1.95. The zero-order valence-corrected chi connectivity index (χ0v) is 14.3. The summed E-state index contributed by atoms with van der Waals surface area (Å²) < 4.78 is 1.81. The van der Waals surface area contributed by atoms with Crippen LogP contribution in [0.2, 0.25) is 0 Å². The van der Waals surface area contributed by atoms with Crippen molar-refractivity contribution in [1.29, 1.82) is 5.26 Å². The fourth-order valence-corrected chi connectivity index (χ4v) is 3.46. The summed E-state index contributed by atoms with van der Waals surface area (Å²) in [5.41, 5.74) is 1.98. The van der Waals surface area contributed by atoms with E-state index >= 15 is 0 Å². The summed E-state index contributed by atoms with van der Waals surface area (Å²) in [6.45, 7) is 6.13. The molecular formula is C17H20N8. The monoisotopic (exact) mass is 336 g/mol. The van der Waals surface area contributed by atoms with E-state index < -0.39 is 0 Å². The van der Waals surface area contributed by atoms with Gasteiger partial charge in [-0.1, -0.05) is 13.8 Å². The second kappa shape index (κ2) is 6.26. The van der Waals surface area contributed by atoms with Crippen LogP contribution < -0.4 is 10.2 Å². The van der Waals surface area contributed by atoms with Crippen LogP contribution in [0, 0.1) is 11.3 Å². The van der Waals surface area contributed by atoms with Crippen molar-refractivity contribution in [2.45, 2.75) is 38.8 Å². The molecule has 0 unspecified atom stereocenters. The smallest absolute Gasteiger partial charge is 0.257 e. The topological polar surface area (TPSA) is 95.0 Å². The molecule has 3 aromatic heterocycles. The van der Waals surface area contributed by atoms with Gasteiger partial charge in [0.25, 0.3) is 5.78 Å². The quantitative estimate of drug-likeness (QED) is 0.774. The molecule has 0 aliphatic carbocycles. The number of aromatic nitrogens is 5. The van der Waals surface area contributed by atoms with Gasteiger partial charge in [-0.05, 0) is 25.0 Å². The first-order chi connectivity index (χ1) is 12.2. The van der Waals surface area contributed by atoms with Gasteiger partial charge in [0.1, 0.15) is 23.6 Å². The van der Waals surface area contributed by atoms with Gasteiger partial charge in [0, 0.05) is 25.2 Å². The Hall–Kier alpha value is -2.79. The maximum absolute atomic E-state index is 9.26. The van der Waals surface area contributed by atoms with Crippen LogP contribution in [0.4, 0.5) is 5.82 Å². The van der Waals surface area contributed by atoms with Crippen LogP contribution in [0.25, 0.3) is 16.8 Å². The lowest BCUT2D eigenvalue weighted by Crippen LogP contribution is -2.56. The van der Waals surface area contributed by atoms with Crippen molar-refractivity contribution >= 4 is 22.6 Å². The van der Waals surface area contributed by atoms with Crippen molar-refractivity contribution in [2.24, 2.45) is 0 Å². The van der Waals surface area contributed by atoms with Gasteiger partial charge in [-0.2, -0.15) is 10.2 Å². The van der Waals surface area contributed by atoms with E-state index in [0.29, 0.717) is 23.6 Å². The average molecular weight is 336 g/mol. The first kappa shape index (κ1) is 15.7. The van der Waals surface area contributed by atoms with Crippen LogP contribution in [0.5, 0.6) is 0 Å². The molecule has 4 rings (SSSR count). The molecule has 2 atom stereocenters. The first-order valence-electron chi connectivity index (χ1n) is 8.65. The Kier molecular flexibility index (Phi) is 3.93. The summed E-state index contributed by atoms with van der Waals surface area (Å²) in [6, 6.07) is 6.48. The predicted octanol–water partition coefficient (Wildman–Crippen LogP) is 1.51. The molecule has 8 nitrogen and oxygen atoms in total. The first-order valence-corrected chi connectivity index (χ1v) is 8.65. The SMILES string of the molecule is CC[C@@H]1CN(c2nc3nncn3c3ccc(C#N)nc23)[C@@H](CC)CN1. The van der Waals surface area contributed by atoms with Crippen LogP contribution >= 0.6 is 0 Å². The highest BCUT2D eigenvalue weighted by Crippen LogP contribution is 2.28. The summed E-state index contributed by atoms with van der Waals surface area (Å²) in [7, 11) is 0. The Morgan fingerprint density at radius 3 is 2.92 bits per heavy atom. The van der Waals surface area contributed by atoms with Crippen molar-refractivity contribution in [3.63, 3.8) is 0 Å². The number of fused-ring (bicyclic) bond motifs is 3. The van der Waals surface area contributed by atoms with Crippen molar-refractivity contribution in [1.82, 2.24) is 29.9 Å². The highest BCUT2D eigenvalue weighted by Gasteiger charge is 2.29. The summed E-state index contributed by atoms with van der Waals surface area (Å²) >= 11 is 0. The molecule has 4 heterocycles. The standard InChI is InChI=1S/C17H20N8/c1-3-11-9-24(13(4-2)8-19-11)16-15-14(6-5-12(7-18)21-15)25-10-20-23-17(25)22-16/h5-6,10-11,13,19H,3-4,8-9H2,1-2H3/t11-,13+/m1/s1. The van der Waals surface area contributed by atoms with Gasteiger partial charge in [-0.25, -0.2) is 4.98 Å². The van der Waals surface area contributed by atoms with Crippen molar-refractivity contribution in [3.05, 3.63) is 24.2 Å². The van der Waals surface area contributed by atoms with E-state index in [4.69, 9.17) is 4.98 Å². The molecule has 0 radical (unpaired) electrons. The van der Waals surface area contributed by atoms with Crippen LogP contribution in [0.3, 0.4) is 0 Å². The van der Waals surface area contributed by atoms with Gasteiger partial charge in [0.05, 0.1) is 5.52 Å². The third-order valence-electron chi connectivity index (χ3n) is 4.93. The van der Waals surface area contributed by atoms with Crippen molar-refractivity contribution < 1.29 is 0 Å². The number of hydrogen-bond donors (Lipinski definition) is 1. The number of nitrogens with zero attached hydrogens (tertiary/aromatic N) is 7. The van der Waals surface area contributed by atoms with Crippen molar-refractivity contribution in [3.8, 4) is 6.07 Å². The molecule has 1 aliphatic heterocycles. The van der Waals surface area contributed by atoms with E-state index in [1.54, 1.807) is 12.4 Å². The molecule has 1 fully saturated rings. The lowest BCUT2D eigenvalue weighted by Gasteiger charge is -2.40. The maximum Gasteiger partial charge on any atom is 0.257 e. The van der Waals surface area contributed by atoms with E-state index in [2.05, 4.69) is 45.3 Å². The average Bonchev–Trinajstić information content (AvgIpc) is 3.15. The van der Waals surface area contributed by atoms with Crippen LogP contribution in [0.15, 0.2) is 18.5 Å². The molecule has 0 saturated carbocycles. The zero-order chi connectivity index (χ0) is 17.4. The van der Waals surface area contributed by atoms with E-state index in [9.17, 15) is 5.26 Å². The summed E-state index contributed by atoms with van der Waals surface area (Å²) in [5, 5.41) is 21.0. The molecule has 1 aliphatic rings. The normalized spacial score (nSPS) is 20.9. The Bertz CT molecular complexity index is 956. The lowest BCUT2D eigenvalue weighted by molar-refractivity contribution is 0.377. The number of hydrogen-bond acceptors (Lipinski definition) is 7. The molecule has 128 valence electrons. The number of rotatable bonds is 3. The number of anilines is 1. The van der Waals surface area contributed by atoms with E-state index in [1.807, 2.05) is 10.5 Å². The van der Waals surface area contributed by atoms with Crippen LogP contribution in [0.1, 0.15) is 32.4 Å². The number of pyridine rings is 1. The summed E-state index contributed by atoms with van der Waals surface area (Å²) in [5.74, 6) is 1.34. The molecule has 8 heteroatoms. The number of nitriles is 1. The highest BCUT2D eigenvalue weighted by atomic mass is 15.3. The van der Waals surface area contributed by atoms with Crippen molar-refractivity contribution in [2.75, 3.05) is 18.0 Å². The van der Waals surface area contributed by atoms with Gasteiger partial charge < -0.3 is 10.2 Å². The fourth-order valence-electron chi connectivity index (χ4n) is 3.46. The largest absolute Gasteiger partial charge is 0.349 e. The van der Waals surface area contributed by atoms with Crippen LogP contribution in [-0.4, -0.2) is 49.7 Å². The van der Waals surface area contributed by atoms with Gasteiger partial charge in [0.2, 0.25) is 0 Å². The molecule has 1 N–H and O–H groups in total. The van der Waals surface area contributed by atoms with Gasteiger partial charge >= 0.3 is 0 Å². The minimum absolute atomic E-state index is 0.330. The van der Waals surface area contributed by atoms with Gasteiger partial charge in [0.15, 0.2) is 5.82 Å². The Labute approximate surface area is 145 Å². The molecule has 0 bridgehead atoms. The molecule has 3 aromatic rings. The molecular weight excluding hydrogens is 316 g/mol. The zero-order valence-electron chi connectivity index (χ0n) is 14.3. The van der Waals surface area contributed by atoms with Crippen LogP contribution in [-0.2, 0) is 0 Å². The van der Waals surface area contributed by atoms with Gasteiger partial charge in [-0.3, -0.25) is 4.40 Å². The number of nitrogens with one attached hydrogen (secondary N) is 1. The molecule has 0 amide bonds. The lowest BCUT2D eigenvalue weighted by atomic mass is 10.0. The Morgan fingerprint density at radius 1 is 1.28 bits per heavy atom. The highest BCUT2D eigenvalue weighted by molar-refractivity contribution is 5.88. The van der Waals surface area contributed by atoms with E-state index in [-0.39, 0.29) is 0 Å². The maximum atomic E-state index is 9.26. The van der Waals surface area contributed by atoms with E-state index in [1.165, 1.54) is 0 Å². The predicted molar refractivity (Wildman–Crippen MR) is 94.3 cm³/mol. The summed E-state index contributed by atoms with van der Waals surface area (Å²) in [4.78, 5) is 11.6. The summed E-state index contributed by atoms with van der Waals surface area (Å²) in [6.07, 6.45) is 3.68. The second-order valence-electron chi connectivity index (χ2n) is 6.34. The molecule has 0 spiro atoms. The fraction of sp³-hybridized carbons (Fsp3) is 0.471. The molecule has 25 heavy (non-hydrogen) atoms. The minimum Gasteiger partial charge on any atom is -0.349 e. The third kappa shape index (κ3) is 2.57. The Morgan fingerprint density at radius 2 is 2.16 bits per heavy atom. The van der Waals surface area contributed by atoms with E-state index in [0.717, 1.165) is 42.8 Å².